The Balaban J connectivity index is 2.43. The molecule has 0 bridgehead atoms. The predicted molar refractivity (Wildman–Crippen MR) is 75.2 cm³/mol. The van der Waals surface area contributed by atoms with E-state index in [1.54, 1.807) is 0 Å². The van der Waals surface area contributed by atoms with E-state index in [-0.39, 0.29) is 0 Å². The molecule has 0 spiro atoms. The maximum atomic E-state index is 5.79. The first-order valence-corrected chi connectivity index (χ1v) is 7.33. The number of hydrogen-bond donors (Lipinski definition) is 1. The fourth-order valence-corrected chi connectivity index (χ4v) is 2.81. The molecule has 0 radical (unpaired) electrons. The molecule has 3 nitrogen and oxygen atoms in total. The van der Waals surface area contributed by atoms with Crippen LogP contribution in [-0.4, -0.2) is 55.6 Å². The molecular weight excluding hydrogens is 210 g/mol. The van der Waals surface area contributed by atoms with Gasteiger partial charge in [0, 0.05) is 12.6 Å². The van der Waals surface area contributed by atoms with Gasteiger partial charge in [0.05, 0.1) is 0 Å². The Morgan fingerprint density at radius 2 is 2.06 bits per heavy atom. The number of likely N-dealkylation sites (N-methyl/N-ethyl adjacent to an activating group) is 1. The van der Waals surface area contributed by atoms with E-state index in [4.69, 9.17) is 5.73 Å². The van der Waals surface area contributed by atoms with Crippen LogP contribution in [0.4, 0.5) is 0 Å². The van der Waals surface area contributed by atoms with Crippen molar-refractivity contribution in [1.29, 1.82) is 0 Å². The highest BCUT2D eigenvalue weighted by molar-refractivity contribution is 4.78. The second-order valence-electron chi connectivity index (χ2n) is 5.51. The molecule has 0 aromatic rings. The van der Waals surface area contributed by atoms with Crippen LogP contribution in [0.1, 0.15) is 39.5 Å². The molecular formula is C14H31N3. The third-order valence-corrected chi connectivity index (χ3v) is 4.23. The standard InChI is InChI=1S/C14H31N3/c1-4-13(11-15)7-10-17-9-6-8-16(3)12-14(17)5-2/h13-14H,4-12,15H2,1-3H3. The Morgan fingerprint density at radius 1 is 1.29 bits per heavy atom. The smallest absolute Gasteiger partial charge is 0.0220 e. The van der Waals surface area contributed by atoms with Crippen molar-refractivity contribution in [2.24, 2.45) is 11.7 Å². The third-order valence-electron chi connectivity index (χ3n) is 4.23. The minimum absolute atomic E-state index is 0.716. The van der Waals surface area contributed by atoms with Crippen molar-refractivity contribution >= 4 is 0 Å². The topological polar surface area (TPSA) is 32.5 Å². The van der Waals surface area contributed by atoms with E-state index >= 15 is 0 Å². The van der Waals surface area contributed by atoms with Crippen molar-refractivity contribution in [2.75, 3.05) is 39.8 Å². The van der Waals surface area contributed by atoms with Crippen LogP contribution in [0.2, 0.25) is 0 Å². The lowest BCUT2D eigenvalue weighted by molar-refractivity contribution is 0.172. The summed E-state index contributed by atoms with van der Waals surface area (Å²) in [6.07, 6.45) is 5.07. The third kappa shape index (κ3) is 4.94. The fourth-order valence-electron chi connectivity index (χ4n) is 2.81. The van der Waals surface area contributed by atoms with Gasteiger partial charge in [0.15, 0.2) is 0 Å². The monoisotopic (exact) mass is 241 g/mol. The van der Waals surface area contributed by atoms with Crippen LogP contribution >= 0.6 is 0 Å². The van der Waals surface area contributed by atoms with Crippen LogP contribution in [0.25, 0.3) is 0 Å². The van der Waals surface area contributed by atoms with Gasteiger partial charge in [0.1, 0.15) is 0 Å². The van der Waals surface area contributed by atoms with Gasteiger partial charge < -0.3 is 10.6 Å². The van der Waals surface area contributed by atoms with Gasteiger partial charge >= 0.3 is 0 Å². The van der Waals surface area contributed by atoms with Crippen LogP contribution < -0.4 is 5.73 Å². The summed E-state index contributed by atoms with van der Waals surface area (Å²) < 4.78 is 0. The van der Waals surface area contributed by atoms with Crippen molar-refractivity contribution in [1.82, 2.24) is 9.80 Å². The lowest BCUT2D eigenvalue weighted by atomic mass is 10.0. The van der Waals surface area contributed by atoms with Gasteiger partial charge in [-0.1, -0.05) is 20.3 Å². The Labute approximate surface area is 107 Å². The van der Waals surface area contributed by atoms with Gasteiger partial charge in [-0.05, 0) is 58.4 Å². The molecule has 0 aliphatic carbocycles. The molecule has 1 rings (SSSR count). The lowest BCUT2D eigenvalue weighted by Gasteiger charge is -2.31. The van der Waals surface area contributed by atoms with Crippen molar-refractivity contribution in [3.05, 3.63) is 0 Å². The largest absolute Gasteiger partial charge is 0.330 e. The molecule has 17 heavy (non-hydrogen) atoms. The average Bonchev–Trinajstić information content (AvgIpc) is 2.52. The molecule has 1 fully saturated rings. The average molecular weight is 241 g/mol. The minimum Gasteiger partial charge on any atom is -0.330 e. The van der Waals surface area contributed by atoms with Gasteiger partial charge in [-0.3, -0.25) is 4.90 Å². The van der Waals surface area contributed by atoms with E-state index < -0.39 is 0 Å². The van der Waals surface area contributed by atoms with E-state index in [2.05, 4.69) is 30.7 Å². The summed E-state index contributed by atoms with van der Waals surface area (Å²) in [5.41, 5.74) is 5.79. The molecule has 0 amide bonds. The summed E-state index contributed by atoms with van der Waals surface area (Å²) in [7, 11) is 2.25. The van der Waals surface area contributed by atoms with E-state index in [1.165, 1.54) is 51.9 Å². The quantitative estimate of drug-likeness (QED) is 0.769. The summed E-state index contributed by atoms with van der Waals surface area (Å²) in [6.45, 7) is 10.4. The van der Waals surface area contributed by atoms with Crippen LogP contribution in [0, 0.1) is 5.92 Å². The normalized spacial score (nSPS) is 25.8. The summed E-state index contributed by atoms with van der Waals surface area (Å²) in [5.74, 6) is 0.716. The molecule has 2 N–H and O–H groups in total. The SMILES string of the molecule is CCC(CN)CCN1CCCN(C)CC1CC. The molecule has 3 heteroatoms. The highest BCUT2D eigenvalue weighted by Gasteiger charge is 2.22. The zero-order valence-electron chi connectivity index (χ0n) is 12.0. The van der Waals surface area contributed by atoms with Crippen LogP contribution in [-0.2, 0) is 0 Å². The first-order valence-electron chi connectivity index (χ1n) is 7.33. The molecule has 2 atom stereocenters. The van der Waals surface area contributed by atoms with Crippen molar-refractivity contribution in [2.45, 2.75) is 45.6 Å². The van der Waals surface area contributed by atoms with Gasteiger partial charge in [-0.25, -0.2) is 0 Å². The number of rotatable bonds is 6. The van der Waals surface area contributed by atoms with E-state index in [1.807, 2.05) is 0 Å². The van der Waals surface area contributed by atoms with Gasteiger partial charge in [0.25, 0.3) is 0 Å². The van der Waals surface area contributed by atoms with Crippen molar-refractivity contribution < 1.29 is 0 Å². The fraction of sp³-hybridized carbons (Fsp3) is 1.00. The van der Waals surface area contributed by atoms with Gasteiger partial charge in [-0.15, -0.1) is 0 Å². The molecule has 1 saturated heterocycles. The zero-order valence-corrected chi connectivity index (χ0v) is 12.0. The number of hydrogen-bond acceptors (Lipinski definition) is 3. The van der Waals surface area contributed by atoms with E-state index in [9.17, 15) is 0 Å². The van der Waals surface area contributed by atoms with Crippen molar-refractivity contribution in [3.63, 3.8) is 0 Å². The first-order chi connectivity index (χ1) is 8.21. The lowest BCUT2D eigenvalue weighted by Crippen LogP contribution is -2.41. The second kappa shape index (κ2) is 8.06. The highest BCUT2D eigenvalue weighted by Crippen LogP contribution is 2.15. The maximum absolute atomic E-state index is 5.79. The number of nitrogens with two attached hydrogens (primary N) is 1. The Bertz CT molecular complexity index is 192. The molecule has 1 heterocycles. The van der Waals surface area contributed by atoms with Gasteiger partial charge in [-0.2, -0.15) is 0 Å². The highest BCUT2D eigenvalue weighted by atomic mass is 15.2. The molecule has 0 saturated carbocycles. The summed E-state index contributed by atoms with van der Waals surface area (Å²) in [5, 5.41) is 0. The van der Waals surface area contributed by atoms with E-state index in [0.717, 1.165) is 12.6 Å². The van der Waals surface area contributed by atoms with E-state index in [0.29, 0.717) is 5.92 Å². The Hall–Kier alpha value is -0.120. The molecule has 2 unspecified atom stereocenters. The molecule has 0 aromatic heterocycles. The summed E-state index contributed by atoms with van der Waals surface area (Å²) >= 11 is 0. The summed E-state index contributed by atoms with van der Waals surface area (Å²) in [6, 6.07) is 0.748. The molecule has 1 aliphatic heterocycles. The molecule has 1 aliphatic rings. The summed E-state index contributed by atoms with van der Waals surface area (Å²) in [4.78, 5) is 5.18. The van der Waals surface area contributed by atoms with Crippen molar-refractivity contribution in [3.8, 4) is 0 Å². The second-order valence-corrected chi connectivity index (χ2v) is 5.51. The molecule has 0 aromatic carbocycles. The maximum Gasteiger partial charge on any atom is 0.0220 e. The predicted octanol–water partition coefficient (Wildman–Crippen LogP) is 1.78. The Morgan fingerprint density at radius 3 is 2.65 bits per heavy atom. The first kappa shape index (κ1) is 14.9. The minimum atomic E-state index is 0.716. The van der Waals surface area contributed by atoms with Crippen LogP contribution in [0.5, 0.6) is 0 Å². The zero-order chi connectivity index (χ0) is 12.7. The number of nitrogens with zero attached hydrogens (tertiary/aromatic N) is 2. The molecule has 102 valence electrons. The Kier molecular flexibility index (Phi) is 7.09. The van der Waals surface area contributed by atoms with Crippen LogP contribution in [0.15, 0.2) is 0 Å². The van der Waals surface area contributed by atoms with Gasteiger partial charge in [0.2, 0.25) is 0 Å². The van der Waals surface area contributed by atoms with Crippen LogP contribution in [0.3, 0.4) is 0 Å².